The summed E-state index contributed by atoms with van der Waals surface area (Å²) in [6.45, 7) is 8.20. The summed E-state index contributed by atoms with van der Waals surface area (Å²) in [7, 11) is 0. The van der Waals surface area contributed by atoms with Gasteiger partial charge in [0.05, 0.1) is 17.7 Å². The Morgan fingerprint density at radius 2 is 1.96 bits per heavy atom. The number of allylic oxidation sites excluding steroid dienone is 2. The van der Waals surface area contributed by atoms with Gasteiger partial charge in [0.25, 0.3) is 0 Å². The fourth-order valence-corrected chi connectivity index (χ4v) is 2.24. The molecule has 1 N–H and O–H groups in total. The lowest BCUT2D eigenvalue weighted by Crippen LogP contribution is -2.35. The number of hydrogen-bond donors (Lipinski definition) is 1. The summed E-state index contributed by atoms with van der Waals surface area (Å²) in [6.07, 6.45) is 5.53. The Kier molecular flexibility index (Phi) is 8.84. The van der Waals surface area contributed by atoms with Crippen molar-refractivity contribution in [3.63, 3.8) is 0 Å². The third kappa shape index (κ3) is 7.26. The van der Waals surface area contributed by atoms with Gasteiger partial charge in [0, 0.05) is 20.0 Å². The Morgan fingerprint density at radius 1 is 1.27 bits per heavy atom. The van der Waals surface area contributed by atoms with Crippen molar-refractivity contribution in [2.75, 3.05) is 6.61 Å². The van der Waals surface area contributed by atoms with E-state index in [2.05, 4.69) is 5.48 Å². The van der Waals surface area contributed by atoms with Crippen LogP contribution in [0.4, 0.5) is 0 Å². The van der Waals surface area contributed by atoms with E-state index in [1.165, 1.54) is 18.7 Å². The summed E-state index contributed by atoms with van der Waals surface area (Å²) in [6, 6.07) is 0. The minimum atomic E-state index is -0.473. The van der Waals surface area contributed by atoms with Crippen LogP contribution in [0.1, 0.15) is 47.5 Å². The molecule has 0 saturated carbocycles. The Balaban J connectivity index is 2.62. The summed E-state index contributed by atoms with van der Waals surface area (Å²) >= 11 is 0. The Hall–Kier alpha value is -2.35. The molecule has 1 fully saturated rings. The maximum atomic E-state index is 11.9. The lowest BCUT2D eigenvalue weighted by Gasteiger charge is -2.24. The number of nitrogens with zero attached hydrogens (tertiary/aromatic N) is 1. The molecule has 8 nitrogen and oxygen atoms in total. The molecule has 0 aliphatic carbocycles. The van der Waals surface area contributed by atoms with Gasteiger partial charge in [-0.3, -0.25) is 19.3 Å². The molecule has 1 rings (SSSR count). The number of carbonyl (C=O) groups excluding carboxylic acids is 3. The molecule has 0 aromatic rings. The lowest BCUT2D eigenvalue weighted by atomic mass is 10.2. The van der Waals surface area contributed by atoms with E-state index in [0.29, 0.717) is 18.5 Å². The Morgan fingerprint density at radius 3 is 2.50 bits per heavy atom. The molecule has 0 spiro atoms. The molecule has 0 bridgehead atoms. The van der Waals surface area contributed by atoms with Gasteiger partial charge in [0.15, 0.2) is 0 Å². The number of nitrogens with one attached hydrogen (secondary N) is 1. The van der Waals surface area contributed by atoms with Crippen molar-refractivity contribution in [2.45, 2.75) is 59.8 Å². The second kappa shape index (κ2) is 10.6. The quantitative estimate of drug-likeness (QED) is 0.398. The van der Waals surface area contributed by atoms with Crippen molar-refractivity contribution in [3.8, 4) is 0 Å². The molecule has 146 valence electrons. The molecule has 26 heavy (non-hydrogen) atoms. The molecule has 8 heteroatoms. The van der Waals surface area contributed by atoms with Gasteiger partial charge in [-0.25, -0.2) is 5.48 Å². The largest absolute Gasteiger partial charge is 0.463 e. The number of carbonyl (C=O) groups is 3. The van der Waals surface area contributed by atoms with Crippen LogP contribution in [0.3, 0.4) is 0 Å². The third-order valence-electron chi connectivity index (χ3n) is 3.68. The number of hydroxylamine groups is 1. The van der Waals surface area contributed by atoms with Crippen LogP contribution in [0.15, 0.2) is 24.0 Å². The molecule has 1 aliphatic heterocycles. The van der Waals surface area contributed by atoms with Crippen LogP contribution < -0.4 is 5.48 Å². The van der Waals surface area contributed by atoms with E-state index in [-0.39, 0.29) is 30.5 Å². The summed E-state index contributed by atoms with van der Waals surface area (Å²) in [5.74, 6) is -1.12. The number of hydrogen-bond acceptors (Lipinski definition) is 7. The summed E-state index contributed by atoms with van der Waals surface area (Å²) in [5.41, 5.74) is 3.01. The predicted octanol–water partition coefficient (Wildman–Crippen LogP) is 2.02. The molecule has 1 saturated heterocycles. The van der Waals surface area contributed by atoms with E-state index >= 15 is 0 Å². The molecule has 0 aromatic carbocycles. The number of rotatable bonds is 8. The first-order valence-corrected chi connectivity index (χ1v) is 8.63. The number of amides is 1. The van der Waals surface area contributed by atoms with Crippen LogP contribution in [0.25, 0.3) is 0 Å². The predicted molar refractivity (Wildman–Crippen MR) is 94.0 cm³/mol. The maximum Gasteiger partial charge on any atom is 0.329 e. The van der Waals surface area contributed by atoms with Crippen molar-refractivity contribution < 1.29 is 28.7 Å². The SMILES string of the molecule is C/C=C(/C=C\N(C(C)=O)C1CCC(COC(=O)C(C)C)O1)NOC(C)=O. The van der Waals surface area contributed by atoms with E-state index in [4.69, 9.17) is 14.3 Å². The van der Waals surface area contributed by atoms with Crippen LogP contribution in [0.5, 0.6) is 0 Å². The van der Waals surface area contributed by atoms with Crippen molar-refractivity contribution >= 4 is 17.8 Å². The van der Waals surface area contributed by atoms with Crippen molar-refractivity contribution in [2.24, 2.45) is 5.92 Å². The van der Waals surface area contributed by atoms with Gasteiger partial charge < -0.3 is 14.3 Å². The van der Waals surface area contributed by atoms with Gasteiger partial charge >= 0.3 is 11.9 Å². The average Bonchev–Trinajstić information content (AvgIpc) is 3.03. The average molecular weight is 368 g/mol. The molecular weight excluding hydrogens is 340 g/mol. The van der Waals surface area contributed by atoms with Crippen LogP contribution in [0, 0.1) is 5.92 Å². The highest BCUT2D eigenvalue weighted by Gasteiger charge is 2.31. The fraction of sp³-hybridized carbons (Fsp3) is 0.611. The van der Waals surface area contributed by atoms with Gasteiger partial charge in [-0.15, -0.1) is 0 Å². The van der Waals surface area contributed by atoms with E-state index in [1.807, 2.05) is 0 Å². The summed E-state index contributed by atoms with van der Waals surface area (Å²) in [5, 5.41) is 0. The molecule has 1 aliphatic rings. The van der Waals surface area contributed by atoms with E-state index in [0.717, 1.165) is 0 Å². The monoisotopic (exact) mass is 368 g/mol. The van der Waals surface area contributed by atoms with Crippen LogP contribution in [-0.2, 0) is 28.7 Å². The molecule has 1 amide bonds. The van der Waals surface area contributed by atoms with Gasteiger partial charge in [-0.05, 0) is 25.8 Å². The normalized spacial score (nSPS) is 20.3. The van der Waals surface area contributed by atoms with E-state index in [1.54, 1.807) is 39.1 Å². The van der Waals surface area contributed by atoms with Gasteiger partial charge in [0.2, 0.25) is 5.91 Å². The molecule has 2 atom stereocenters. The lowest BCUT2D eigenvalue weighted by molar-refractivity contribution is -0.154. The zero-order chi connectivity index (χ0) is 19.7. The van der Waals surface area contributed by atoms with Crippen molar-refractivity contribution in [1.29, 1.82) is 0 Å². The van der Waals surface area contributed by atoms with Crippen LogP contribution in [-0.4, -0.2) is 41.7 Å². The standard InChI is InChI=1S/C18H28N2O6/c1-6-15(19-26-14(5)22)9-10-20(13(4)21)17-8-7-16(25-17)11-24-18(23)12(2)3/h6,9-10,12,16-17,19H,7-8,11H2,1-5H3/b10-9-,15-6-. The molecular formula is C18H28N2O6. The number of esters is 1. The third-order valence-corrected chi connectivity index (χ3v) is 3.68. The second-order valence-corrected chi connectivity index (χ2v) is 6.26. The summed E-state index contributed by atoms with van der Waals surface area (Å²) in [4.78, 5) is 40.5. The maximum absolute atomic E-state index is 11.9. The zero-order valence-corrected chi connectivity index (χ0v) is 16.0. The van der Waals surface area contributed by atoms with E-state index in [9.17, 15) is 14.4 Å². The Bertz CT molecular complexity index is 570. The molecule has 0 aromatic heterocycles. The zero-order valence-electron chi connectivity index (χ0n) is 16.0. The highest BCUT2D eigenvalue weighted by atomic mass is 16.7. The topological polar surface area (TPSA) is 94.2 Å². The van der Waals surface area contributed by atoms with Gasteiger partial charge in [-0.2, -0.15) is 0 Å². The summed E-state index contributed by atoms with van der Waals surface area (Å²) < 4.78 is 11.0. The Labute approximate surface area is 154 Å². The van der Waals surface area contributed by atoms with Crippen LogP contribution in [0.2, 0.25) is 0 Å². The smallest absolute Gasteiger partial charge is 0.329 e. The molecule has 2 unspecified atom stereocenters. The van der Waals surface area contributed by atoms with E-state index < -0.39 is 12.2 Å². The second-order valence-electron chi connectivity index (χ2n) is 6.26. The number of ether oxygens (including phenoxy) is 2. The minimum Gasteiger partial charge on any atom is -0.463 e. The van der Waals surface area contributed by atoms with Gasteiger partial charge in [-0.1, -0.05) is 19.9 Å². The minimum absolute atomic E-state index is 0.178. The fourth-order valence-electron chi connectivity index (χ4n) is 2.24. The van der Waals surface area contributed by atoms with Crippen molar-refractivity contribution in [3.05, 3.63) is 24.0 Å². The molecule has 0 radical (unpaired) electrons. The van der Waals surface area contributed by atoms with Crippen LogP contribution >= 0.6 is 0 Å². The first kappa shape index (κ1) is 21.7. The molecule has 1 heterocycles. The first-order chi connectivity index (χ1) is 12.2. The van der Waals surface area contributed by atoms with Crippen molar-refractivity contribution in [1.82, 2.24) is 10.4 Å². The highest BCUT2D eigenvalue weighted by Crippen LogP contribution is 2.24. The van der Waals surface area contributed by atoms with Gasteiger partial charge in [0.1, 0.15) is 12.8 Å². The highest BCUT2D eigenvalue weighted by molar-refractivity contribution is 5.74. The first-order valence-electron chi connectivity index (χ1n) is 8.63.